The molecule has 0 radical (unpaired) electrons. The van der Waals surface area contributed by atoms with Crippen molar-refractivity contribution in [2.24, 2.45) is 59.2 Å². The van der Waals surface area contributed by atoms with E-state index in [1.807, 2.05) is 0 Å². The number of ketones is 2. The Kier molecular flexibility index (Phi) is 0.872. The number of hydrogen-bond donors (Lipinski definition) is 0. The summed E-state index contributed by atoms with van der Waals surface area (Å²) in [6.07, 6.45) is 2.48. The third-order valence-electron chi connectivity index (χ3n) is 7.54. The number of hydrogen-bond acceptors (Lipinski definition) is 2. The molecule has 6 bridgehead atoms. The molecule has 10 atom stereocenters. The number of rotatable bonds is 0. The summed E-state index contributed by atoms with van der Waals surface area (Å²) in [6.45, 7) is 0. The molecule has 0 amide bonds. The Morgan fingerprint density at radius 1 is 0.625 bits per heavy atom. The smallest absolute Gasteiger partial charge is 0.202 e. The second-order valence-electron chi connectivity index (χ2n) is 7.22. The molecule has 7 aliphatic carbocycles. The highest BCUT2D eigenvalue weighted by Gasteiger charge is 2.82. The highest BCUT2D eigenvalue weighted by Crippen LogP contribution is 2.83. The van der Waals surface area contributed by atoms with Crippen molar-refractivity contribution in [3.63, 3.8) is 0 Å². The van der Waals surface area contributed by atoms with Gasteiger partial charge in [0, 0.05) is 11.8 Å². The van der Waals surface area contributed by atoms with E-state index in [2.05, 4.69) is 0 Å². The van der Waals surface area contributed by atoms with Gasteiger partial charge in [-0.25, -0.2) is 0 Å². The normalized spacial score (nSPS) is 75.2. The Bertz CT molecular complexity index is 401. The van der Waals surface area contributed by atoms with E-state index in [1.54, 1.807) is 0 Å². The molecule has 82 valence electrons. The van der Waals surface area contributed by atoms with E-state index in [1.165, 1.54) is 12.8 Å². The predicted molar refractivity (Wildman–Crippen MR) is 54.1 cm³/mol. The molecule has 16 heavy (non-hydrogen) atoms. The van der Waals surface area contributed by atoms with Crippen LogP contribution in [-0.2, 0) is 9.59 Å². The van der Waals surface area contributed by atoms with Crippen molar-refractivity contribution in [3.8, 4) is 0 Å². The minimum atomic E-state index is 0.0660. The summed E-state index contributed by atoms with van der Waals surface area (Å²) < 4.78 is 0. The molecular formula is C14H14O2. The van der Waals surface area contributed by atoms with Crippen LogP contribution in [-0.4, -0.2) is 11.6 Å². The lowest BCUT2D eigenvalue weighted by Gasteiger charge is -2.44. The first-order valence-electron chi connectivity index (χ1n) is 6.87. The predicted octanol–water partition coefficient (Wildman–Crippen LogP) is 1.15. The maximum absolute atomic E-state index is 12.3. The van der Waals surface area contributed by atoms with Crippen molar-refractivity contribution in [2.75, 3.05) is 0 Å². The highest BCUT2D eigenvalue weighted by molar-refractivity contribution is 6.39. The van der Waals surface area contributed by atoms with Crippen LogP contribution in [0.25, 0.3) is 0 Å². The Morgan fingerprint density at radius 2 is 0.938 bits per heavy atom. The van der Waals surface area contributed by atoms with Crippen molar-refractivity contribution in [1.82, 2.24) is 0 Å². The fourth-order valence-electron chi connectivity index (χ4n) is 7.71. The Labute approximate surface area is 93.8 Å². The molecule has 7 saturated carbocycles. The third-order valence-corrected chi connectivity index (χ3v) is 7.54. The van der Waals surface area contributed by atoms with Gasteiger partial charge >= 0.3 is 0 Å². The number of carbonyl (C=O) groups excluding carboxylic acids is 2. The minimum absolute atomic E-state index is 0.0660. The minimum Gasteiger partial charge on any atom is -0.291 e. The molecule has 0 spiro atoms. The molecule has 2 heteroatoms. The summed E-state index contributed by atoms with van der Waals surface area (Å²) in [4.78, 5) is 24.6. The molecule has 0 heterocycles. The van der Waals surface area contributed by atoms with E-state index in [9.17, 15) is 9.59 Å². The monoisotopic (exact) mass is 214 g/mol. The summed E-state index contributed by atoms with van der Waals surface area (Å²) in [5, 5.41) is 0. The summed E-state index contributed by atoms with van der Waals surface area (Å²) in [7, 11) is 0. The Morgan fingerprint density at radius 3 is 1.25 bits per heavy atom. The average Bonchev–Trinajstić information content (AvgIpc) is 2.72. The lowest BCUT2D eigenvalue weighted by Crippen LogP contribution is -2.41. The highest BCUT2D eigenvalue weighted by atomic mass is 16.2. The summed E-state index contributed by atoms with van der Waals surface area (Å²) in [5.41, 5.74) is 0. The Balaban J connectivity index is 1.75. The van der Waals surface area contributed by atoms with E-state index < -0.39 is 0 Å². The third kappa shape index (κ3) is 0.448. The standard InChI is InChI=1S/C14H14O2/c15-13-7-3-1-4-8(14(13)16)6-2-5(7)11-9(3)10(4)12(6)11/h3-12H,1-2H2/t3-,4-,5-,6+,7?,8?,9?,10?,11?,12?/m1/s1. The maximum Gasteiger partial charge on any atom is 0.202 e. The van der Waals surface area contributed by atoms with Crippen LogP contribution < -0.4 is 0 Å². The maximum atomic E-state index is 12.3. The van der Waals surface area contributed by atoms with Gasteiger partial charge in [-0.15, -0.1) is 0 Å². The van der Waals surface area contributed by atoms with Crippen molar-refractivity contribution in [3.05, 3.63) is 0 Å². The van der Waals surface area contributed by atoms with Crippen molar-refractivity contribution >= 4 is 11.6 Å². The molecule has 0 aromatic rings. The number of Topliss-reactive ketones (excluding diaryl/α,β-unsaturated/α-hetero) is 2. The summed E-state index contributed by atoms with van der Waals surface area (Å²) in [5.74, 6) is 6.63. The zero-order chi connectivity index (χ0) is 10.3. The van der Waals surface area contributed by atoms with E-state index in [0.717, 1.165) is 23.7 Å². The van der Waals surface area contributed by atoms with Crippen molar-refractivity contribution in [1.29, 1.82) is 0 Å². The van der Waals surface area contributed by atoms with Crippen molar-refractivity contribution < 1.29 is 9.59 Å². The van der Waals surface area contributed by atoms with Gasteiger partial charge < -0.3 is 0 Å². The molecule has 0 N–H and O–H groups in total. The van der Waals surface area contributed by atoms with E-state index in [-0.39, 0.29) is 23.4 Å². The van der Waals surface area contributed by atoms with Crippen LogP contribution in [0.2, 0.25) is 0 Å². The molecule has 0 aliphatic heterocycles. The van der Waals surface area contributed by atoms with Gasteiger partial charge in [-0.1, -0.05) is 0 Å². The molecular weight excluding hydrogens is 200 g/mol. The van der Waals surface area contributed by atoms with Gasteiger partial charge in [0.05, 0.1) is 0 Å². The lowest BCUT2D eigenvalue weighted by molar-refractivity contribution is -0.142. The van der Waals surface area contributed by atoms with Gasteiger partial charge in [0.2, 0.25) is 11.6 Å². The Hall–Kier alpha value is -0.660. The van der Waals surface area contributed by atoms with E-state index in [0.29, 0.717) is 23.7 Å². The van der Waals surface area contributed by atoms with Crippen LogP contribution in [0.15, 0.2) is 0 Å². The van der Waals surface area contributed by atoms with Gasteiger partial charge in [0.1, 0.15) is 0 Å². The van der Waals surface area contributed by atoms with Crippen molar-refractivity contribution in [2.45, 2.75) is 12.8 Å². The number of carbonyl (C=O) groups is 2. The lowest BCUT2D eigenvalue weighted by atomic mass is 9.60. The molecule has 0 aromatic carbocycles. The van der Waals surface area contributed by atoms with Gasteiger partial charge in [-0.05, 0) is 60.2 Å². The van der Waals surface area contributed by atoms with E-state index in [4.69, 9.17) is 0 Å². The van der Waals surface area contributed by atoms with Crippen LogP contribution in [0.5, 0.6) is 0 Å². The fraction of sp³-hybridized carbons (Fsp3) is 0.857. The van der Waals surface area contributed by atoms with Gasteiger partial charge in [-0.2, -0.15) is 0 Å². The SMILES string of the molecule is O=C1C(=O)C2[C@H]3C[C@@H]4C5C6C(C53)[C@@H]2C[C@@H]6C14. The van der Waals surface area contributed by atoms with Crippen LogP contribution in [0, 0.1) is 59.2 Å². The second kappa shape index (κ2) is 1.83. The zero-order valence-electron chi connectivity index (χ0n) is 9.00. The van der Waals surface area contributed by atoms with Gasteiger partial charge in [0.25, 0.3) is 0 Å². The second-order valence-corrected chi connectivity index (χ2v) is 7.22. The molecule has 7 fully saturated rings. The van der Waals surface area contributed by atoms with Crippen LogP contribution in [0.1, 0.15) is 12.8 Å². The van der Waals surface area contributed by atoms with Gasteiger partial charge in [0.15, 0.2) is 0 Å². The molecule has 6 unspecified atom stereocenters. The zero-order valence-corrected chi connectivity index (χ0v) is 9.00. The summed E-state index contributed by atoms with van der Waals surface area (Å²) >= 11 is 0. The number of fused-ring (bicyclic) bond motifs is 1. The fourth-order valence-corrected chi connectivity index (χ4v) is 7.71. The molecule has 7 aliphatic rings. The molecule has 0 aromatic heterocycles. The summed E-state index contributed by atoms with van der Waals surface area (Å²) in [6, 6.07) is 0. The first-order valence-corrected chi connectivity index (χ1v) is 6.87. The van der Waals surface area contributed by atoms with Crippen LogP contribution in [0.3, 0.4) is 0 Å². The molecule has 2 nitrogen and oxygen atoms in total. The van der Waals surface area contributed by atoms with Crippen LogP contribution >= 0.6 is 0 Å². The average molecular weight is 214 g/mol. The topological polar surface area (TPSA) is 34.1 Å². The first-order chi connectivity index (χ1) is 7.79. The molecule has 7 rings (SSSR count). The molecule has 0 saturated heterocycles. The quantitative estimate of drug-likeness (QED) is 0.567. The van der Waals surface area contributed by atoms with Gasteiger partial charge in [-0.3, -0.25) is 9.59 Å². The first kappa shape index (κ1) is 7.62. The van der Waals surface area contributed by atoms with E-state index >= 15 is 0 Å². The van der Waals surface area contributed by atoms with Crippen LogP contribution in [0.4, 0.5) is 0 Å². The largest absolute Gasteiger partial charge is 0.291 e.